The molecule has 25 heavy (non-hydrogen) atoms. The van der Waals surface area contributed by atoms with E-state index in [1.54, 1.807) is 25.9 Å². The lowest BCUT2D eigenvalue weighted by Gasteiger charge is -2.21. The molecule has 6 nitrogen and oxygen atoms in total. The fourth-order valence-corrected chi connectivity index (χ4v) is 1.45. The van der Waals surface area contributed by atoms with E-state index in [1.807, 2.05) is 34.6 Å². The van der Waals surface area contributed by atoms with Crippen LogP contribution >= 0.6 is 0 Å². The van der Waals surface area contributed by atoms with Crippen LogP contribution in [0.5, 0.6) is 0 Å². The molecule has 0 spiro atoms. The number of hydrogen-bond acceptors (Lipinski definition) is 4. The molecular weight excluding hydrogens is 320 g/mol. The molecule has 0 rings (SSSR count). The molecule has 146 valence electrons. The maximum atomic E-state index is 11.6. The molecule has 0 aromatic rings. The Morgan fingerprint density at radius 1 is 1.20 bits per heavy atom. The molecule has 1 N–H and O–H groups in total. The maximum Gasteiger partial charge on any atom is 0.333 e. The fraction of sp³-hybridized carbons (Fsp3) is 0.737. The molecule has 0 saturated heterocycles. The van der Waals surface area contributed by atoms with Crippen LogP contribution in [-0.2, 0) is 19.1 Å². The summed E-state index contributed by atoms with van der Waals surface area (Å²) in [5.41, 5.74) is -0.0153. The van der Waals surface area contributed by atoms with Crippen LogP contribution in [0.4, 0.5) is 0 Å². The average molecular weight is 357 g/mol. The number of hydrogen-bond donors (Lipinski definition) is 1. The van der Waals surface area contributed by atoms with Crippen LogP contribution in [0.25, 0.3) is 0 Å². The lowest BCUT2D eigenvalue weighted by atomic mass is 9.89. The number of carbonyl (C=O) groups is 3. The molecular formula is C19H36N2O4. The van der Waals surface area contributed by atoms with E-state index >= 15 is 0 Å². The third-order valence-electron chi connectivity index (χ3n) is 3.94. The fourth-order valence-electron chi connectivity index (χ4n) is 1.45. The van der Waals surface area contributed by atoms with Gasteiger partial charge < -0.3 is 15.0 Å². The van der Waals surface area contributed by atoms with Gasteiger partial charge in [0, 0.05) is 31.0 Å². The standard InChI is InChI=1S/C12H21NO3.C7H15NO/c1-6-12(4,5)11(15)13-7-8-16-10(14)9(2)3;1-5-6(2)7(9)8(3)4/h2,6-8H2,1,3-5H3,(H,13,15);6H,5H2,1-4H3. The average Bonchev–Trinajstić information content (AvgIpc) is 2.56. The van der Waals surface area contributed by atoms with Gasteiger partial charge in [-0.15, -0.1) is 0 Å². The van der Waals surface area contributed by atoms with E-state index in [1.165, 1.54) is 0 Å². The Morgan fingerprint density at radius 3 is 2.04 bits per heavy atom. The Balaban J connectivity index is 0. The van der Waals surface area contributed by atoms with E-state index < -0.39 is 5.97 Å². The summed E-state index contributed by atoms with van der Waals surface area (Å²) in [7, 11) is 3.57. The van der Waals surface area contributed by atoms with Crippen LogP contribution in [0.15, 0.2) is 12.2 Å². The molecule has 0 aliphatic rings. The Bertz CT molecular complexity index is 456. The zero-order valence-electron chi connectivity index (χ0n) is 17.2. The van der Waals surface area contributed by atoms with Gasteiger partial charge in [-0.25, -0.2) is 4.79 Å². The van der Waals surface area contributed by atoms with Gasteiger partial charge in [-0.2, -0.15) is 0 Å². The summed E-state index contributed by atoms with van der Waals surface area (Å²) >= 11 is 0. The quantitative estimate of drug-likeness (QED) is 0.412. The van der Waals surface area contributed by atoms with Gasteiger partial charge in [-0.3, -0.25) is 9.59 Å². The van der Waals surface area contributed by atoms with Crippen molar-refractivity contribution < 1.29 is 19.1 Å². The molecule has 0 fully saturated rings. The van der Waals surface area contributed by atoms with Gasteiger partial charge in [0.1, 0.15) is 6.61 Å². The molecule has 0 aliphatic carbocycles. The zero-order valence-corrected chi connectivity index (χ0v) is 17.2. The Hall–Kier alpha value is -1.85. The van der Waals surface area contributed by atoms with Crippen molar-refractivity contribution in [1.29, 1.82) is 0 Å². The van der Waals surface area contributed by atoms with Gasteiger partial charge in [0.15, 0.2) is 0 Å². The molecule has 0 aliphatic heterocycles. The van der Waals surface area contributed by atoms with Crippen molar-refractivity contribution in [2.75, 3.05) is 27.2 Å². The second kappa shape index (κ2) is 12.5. The summed E-state index contributed by atoms with van der Waals surface area (Å²) in [5, 5.41) is 2.72. The lowest BCUT2D eigenvalue weighted by Crippen LogP contribution is -2.38. The molecule has 2 amide bonds. The second-order valence-electron chi connectivity index (χ2n) is 6.95. The van der Waals surface area contributed by atoms with Crippen LogP contribution in [0.1, 0.15) is 54.4 Å². The van der Waals surface area contributed by atoms with E-state index in [9.17, 15) is 14.4 Å². The molecule has 0 radical (unpaired) electrons. The van der Waals surface area contributed by atoms with Crippen LogP contribution in [0.2, 0.25) is 0 Å². The maximum absolute atomic E-state index is 11.6. The monoisotopic (exact) mass is 356 g/mol. The SMILES string of the molecule is C=C(C)C(=O)OCCNC(=O)C(C)(C)CC.CCC(C)C(=O)N(C)C. The molecule has 0 aromatic heterocycles. The Kier molecular flexibility index (Phi) is 12.7. The number of esters is 1. The van der Waals surface area contributed by atoms with E-state index in [2.05, 4.69) is 11.9 Å². The highest BCUT2D eigenvalue weighted by Gasteiger charge is 2.24. The smallest absolute Gasteiger partial charge is 0.333 e. The summed E-state index contributed by atoms with van der Waals surface area (Å²) in [6.07, 6.45) is 1.70. The minimum absolute atomic E-state index is 0.0265. The van der Waals surface area contributed by atoms with Crippen molar-refractivity contribution in [2.24, 2.45) is 11.3 Å². The topological polar surface area (TPSA) is 75.7 Å². The molecule has 1 atom stereocenters. The van der Waals surface area contributed by atoms with Gasteiger partial charge in [-0.1, -0.05) is 41.2 Å². The molecule has 0 saturated carbocycles. The van der Waals surface area contributed by atoms with Crippen molar-refractivity contribution in [3.8, 4) is 0 Å². The highest BCUT2D eigenvalue weighted by molar-refractivity contribution is 5.87. The summed E-state index contributed by atoms with van der Waals surface area (Å²) in [6.45, 7) is 15.2. The largest absolute Gasteiger partial charge is 0.460 e. The first-order valence-corrected chi connectivity index (χ1v) is 8.72. The predicted molar refractivity (Wildman–Crippen MR) is 101 cm³/mol. The second-order valence-corrected chi connectivity index (χ2v) is 6.95. The minimum Gasteiger partial charge on any atom is -0.460 e. The minimum atomic E-state index is -0.427. The molecule has 0 heterocycles. The van der Waals surface area contributed by atoms with Crippen molar-refractivity contribution in [2.45, 2.75) is 54.4 Å². The normalized spacial score (nSPS) is 11.5. The molecule has 0 aromatic carbocycles. The summed E-state index contributed by atoms with van der Waals surface area (Å²) in [4.78, 5) is 35.2. The number of ether oxygens (including phenoxy) is 1. The van der Waals surface area contributed by atoms with E-state index in [4.69, 9.17) is 4.74 Å². The van der Waals surface area contributed by atoms with Gasteiger partial charge in [0.2, 0.25) is 11.8 Å². The van der Waals surface area contributed by atoms with Crippen LogP contribution in [0, 0.1) is 11.3 Å². The summed E-state index contributed by atoms with van der Waals surface area (Å²) < 4.78 is 4.85. The van der Waals surface area contributed by atoms with Crippen LogP contribution < -0.4 is 5.32 Å². The number of carbonyl (C=O) groups excluding carboxylic acids is 3. The van der Waals surface area contributed by atoms with E-state index in [0.717, 1.165) is 12.8 Å². The number of nitrogens with zero attached hydrogens (tertiary/aromatic N) is 1. The first-order chi connectivity index (χ1) is 11.4. The predicted octanol–water partition coefficient (Wildman–Crippen LogP) is 2.78. The molecule has 6 heteroatoms. The van der Waals surface area contributed by atoms with Gasteiger partial charge in [0.05, 0.1) is 6.54 Å². The highest BCUT2D eigenvalue weighted by atomic mass is 16.5. The summed E-state index contributed by atoms with van der Waals surface area (Å²) in [6, 6.07) is 0. The number of rotatable bonds is 8. The zero-order chi connectivity index (χ0) is 20.2. The van der Waals surface area contributed by atoms with Crippen molar-refractivity contribution in [1.82, 2.24) is 10.2 Å². The van der Waals surface area contributed by atoms with Gasteiger partial charge >= 0.3 is 5.97 Å². The van der Waals surface area contributed by atoms with Crippen molar-refractivity contribution in [3.63, 3.8) is 0 Å². The first-order valence-electron chi connectivity index (χ1n) is 8.72. The summed E-state index contributed by atoms with van der Waals surface area (Å²) in [5.74, 6) is -0.0529. The Labute approximate surface area is 153 Å². The van der Waals surface area contributed by atoms with E-state index in [0.29, 0.717) is 12.1 Å². The Morgan fingerprint density at radius 2 is 1.72 bits per heavy atom. The third kappa shape index (κ3) is 11.3. The number of nitrogens with one attached hydrogen (secondary N) is 1. The van der Waals surface area contributed by atoms with Gasteiger partial charge in [-0.05, 0) is 19.8 Å². The van der Waals surface area contributed by atoms with Crippen LogP contribution in [-0.4, -0.2) is 49.9 Å². The van der Waals surface area contributed by atoms with Crippen molar-refractivity contribution in [3.05, 3.63) is 12.2 Å². The first kappa shape index (κ1) is 25.4. The molecule has 0 bridgehead atoms. The van der Waals surface area contributed by atoms with Gasteiger partial charge in [0.25, 0.3) is 0 Å². The lowest BCUT2D eigenvalue weighted by molar-refractivity contribution is -0.139. The third-order valence-corrected chi connectivity index (χ3v) is 3.94. The number of amides is 2. The van der Waals surface area contributed by atoms with Crippen molar-refractivity contribution >= 4 is 17.8 Å². The van der Waals surface area contributed by atoms with E-state index in [-0.39, 0.29) is 29.8 Å². The van der Waals surface area contributed by atoms with Crippen LogP contribution in [0.3, 0.4) is 0 Å². The highest BCUT2D eigenvalue weighted by Crippen LogP contribution is 2.18. The molecule has 1 unspecified atom stereocenters.